The van der Waals surface area contributed by atoms with Crippen LogP contribution >= 0.6 is 0 Å². The minimum absolute atomic E-state index is 0.382. The predicted octanol–water partition coefficient (Wildman–Crippen LogP) is 6.82. The van der Waals surface area contributed by atoms with E-state index in [0.717, 1.165) is 11.8 Å². The van der Waals surface area contributed by atoms with Crippen molar-refractivity contribution in [3.05, 3.63) is 35.9 Å². The van der Waals surface area contributed by atoms with Crippen molar-refractivity contribution in [3.63, 3.8) is 0 Å². The quantitative estimate of drug-likeness (QED) is 0.445. The van der Waals surface area contributed by atoms with Crippen LogP contribution < -0.4 is 0 Å². The second kappa shape index (κ2) is 9.93. The third kappa shape index (κ3) is 4.35. The maximum absolute atomic E-state index is 2.82. The predicted molar refractivity (Wildman–Crippen MR) is 114 cm³/mol. The summed E-state index contributed by atoms with van der Waals surface area (Å²) in [6.07, 6.45) is 15.5. The SMILES string of the molecule is CCCCC(CCC)C(CN1CCCC1)(c1ccccc1)C1CCCC1. The lowest BCUT2D eigenvalue weighted by molar-refractivity contribution is 0.0962. The normalized spacial score (nSPS) is 22.5. The number of unbranched alkanes of at least 4 members (excludes halogenated alkanes) is 1. The van der Waals surface area contributed by atoms with Gasteiger partial charge in [0.1, 0.15) is 0 Å². The average Bonchev–Trinajstić information content (AvgIpc) is 3.38. The summed E-state index contributed by atoms with van der Waals surface area (Å²) in [5.41, 5.74) is 2.04. The molecule has 1 aliphatic carbocycles. The number of hydrogen-bond donors (Lipinski definition) is 0. The molecule has 26 heavy (non-hydrogen) atoms. The van der Waals surface area contributed by atoms with E-state index in [0.29, 0.717) is 5.41 Å². The Morgan fingerprint density at radius 1 is 0.923 bits per heavy atom. The fraction of sp³-hybridized carbons (Fsp3) is 0.760. The zero-order chi connectivity index (χ0) is 18.2. The van der Waals surface area contributed by atoms with Gasteiger partial charge in [-0.3, -0.25) is 0 Å². The summed E-state index contributed by atoms with van der Waals surface area (Å²) in [7, 11) is 0. The molecule has 1 aromatic carbocycles. The molecule has 0 spiro atoms. The van der Waals surface area contributed by atoms with Gasteiger partial charge in [0.25, 0.3) is 0 Å². The molecule has 0 bridgehead atoms. The highest BCUT2D eigenvalue weighted by atomic mass is 15.1. The standard InChI is InChI=1S/C25H41N/c1-3-5-14-22(13-4-2)25(24-17-9-10-18-24,21-26-19-11-12-20-26)23-15-7-6-8-16-23/h6-8,15-16,22,24H,3-5,9-14,17-21H2,1-2H3. The Morgan fingerprint density at radius 2 is 1.62 bits per heavy atom. The van der Waals surface area contributed by atoms with Gasteiger partial charge in [-0.15, -0.1) is 0 Å². The highest BCUT2D eigenvalue weighted by Crippen LogP contribution is 2.50. The molecule has 2 aliphatic rings. The van der Waals surface area contributed by atoms with Gasteiger partial charge < -0.3 is 4.90 Å². The van der Waals surface area contributed by atoms with E-state index in [2.05, 4.69) is 49.1 Å². The van der Waals surface area contributed by atoms with Crippen LogP contribution in [0.3, 0.4) is 0 Å². The van der Waals surface area contributed by atoms with Crippen molar-refractivity contribution >= 4 is 0 Å². The molecule has 3 rings (SSSR count). The van der Waals surface area contributed by atoms with Gasteiger partial charge in [0.15, 0.2) is 0 Å². The van der Waals surface area contributed by atoms with E-state index in [1.54, 1.807) is 5.56 Å². The van der Waals surface area contributed by atoms with Crippen molar-refractivity contribution in [2.45, 2.75) is 89.9 Å². The van der Waals surface area contributed by atoms with E-state index in [9.17, 15) is 0 Å². The molecule has 0 aromatic heterocycles. The Kier molecular flexibility index (Phi) is 7.61. The molecule has 1 saturated heterocycles. The number of rotatable bonds is 10. The van der Waals surface area contributed by atoms with E-state index in [1.165, 1.54) is 90.3 Å². The molecule has 1 aromatic rings. The second-order valence-electron chi connectivity index (χ2n) is 9.00. The number of benzene rings is 1. The van der Waals surface area contributed by atoms with Gasteiger partial charge in [0, 0.05) is 12.0 Å². The lowest BCUT2D eigenvalue weighted by Crippen LogP contribution is -2.50. The van der Waals surface area contributed by atoms with E-state index in [-0.39, 0.29) is 0 Å². The molecule has 1 nitrogen and oxygen atoms in total. The highest BCUT2D eigenvalue weighted by molar-refractivity contribution is 5.29. The monoisotopic (exact) mass is 355 g/mol. The molecule has 2 fully saturated rings. The Hall–Kier alpha value is -0.820. The van der Waals surface area contributed by atoms with Gasteiger partial charge in [-0.1, -0.05) is 76.3 Å². The fourth-order valence-corrected chi connectivity index (χ4v) is 6.11. The van der Waals surface area contributed by atoms with Crippen molar-refractivity contribution in [1.82, 2.24) is 4.90 Å². The van der Waals surface area contributed by atoms with Crippen molar-refractivity contribution in [1.29, 1.82) is 0 Å². The van der Waals surface area contributed by atoms with Crippen LogP contribution in [-0.4, -0.2) is 24.5 Å². The Morgan fingerprint density at radius 3 is 2.23 bits per heavy atom. The van der Waals surface area contributed by atoms with Crippen LogP contribution in [0.4, 0.5) is 0 Å². The van der Waals surface area contributed by atoms with Crippen LogP contribution in [0.1, 0.15) is 90.0 Å². The summed E-state index contributed by atoms with van der Waals surface area (Å²) < 4.78 is 0. The number of hydrogen-bond acceptors (Lipinski definition) is 1. The van der Waals surface area contributed by atoms with Crippen LogP contribution in [0.5, 0.6) is 0 Å². The molecule has 2 atom stereocenters. The van der Waals surface area contributed by atoms with Crippen molar-refractivity contribution in [3.8, 4) is 0 Å². The second-order valence-corrected chi connectivity index (χ2v) is 9.00. The minimum Gasteiger partial charge on any atom is -0.302 e. The van der Waals surface area contributed by atoms with Crippen molar-refractivity contribution in [2.24, 2.45) is 11.8 Å². The summed E-state index contributed by atoms with van der Waals surface area (Å²) in [5.74, 6) is 1.73. The summed E-state index contributed by atoms with van der Waals surface area (Å²) >= 11 is 0. The van der Waals surface area contributed by atoms with Gasteiger partial charge in [-0.05, 0) is 69.0 Å². The first-order valence-corrected chi connectivity index (χ1v) is 11.6. The lowest BCUT2D eigenvalue weighted by atomic mass is 9.59. The molecular formula is C25H41N. The molecule has 0 radical (unpaired) electrons. The molecule has 1 heterocycles. The molecule has 1 aliphatic heterocycles. The highest BCUT2D eigenvalue weighted by Gasteiger charge is 2.47. The van der Waals surface area contributed by atoms with Gasteiger partial charge in [0.05, 0.1) is 0 Å². The third-order valence-electron chi connectivity index (χ3n) is 7.35. The van der Waals surface area contributed by atoms with E-state index < -0.39 is 0 Å². The van der Waals surface area contributed by atoms with E-state index >= 15 is 0 Å². The smallest absolute Gasteiger partial charge is 0.0137 e. The van der Waals surface area contributed by atoms with Crippen LogP contribution in [0.15, 0.2) is 30.3 Å². The van der Waals surface area contributed by atoms with Crippen LogP contribution in [0.25, 0.3) is 0 Å². The lowest BCUT2D eigenvalue weighted by Gasteiger charge is -2.48. The number of likely N-dealkylation sites (tertiary alicyclic amines) is 1. The van der Waals surface area contributed by atoms with Gasteiger partial charge in [-0.25, -0.2) is 0 Å². The Bertz CT molecular complexity index is 498. The van der Waals surface area contributed by atoms with Crippen LogP contribution in [0.2, 0.25) is 0 Å². The average molecular weight is 356 g/mol. The molecule has 2 unspecified atom stereocenters. The van der Waals surface area contributed by atoms with Gasteiger partial charge in [0.2, 0.25) is 0 Å². The number of nitrogens with zero attached hydrogens (tertiary/aromatic N) is 1. The first-order valence-electron chi connectivity index (χ1n) is 11.6. The van der Waals surface area contributed by atoms with Crippen molar-refractivity contribution in [2.75, 3.05) is 19.6 Å². The molecule has 0 amide bonds. The van der Waals surface area contributed by atoms with Crippen molar-refractivity contribution < 1.29 is 0 Å². The third-order valence-corrected chi connectivity index (χ3v) is 7.35. The van der Waals surface area contributed by atoms with Crippen LogP contribution in [-0.2, 0) is 5.41 Å². The summed E-state index contributed by atoms with van der Waals surface area (Å²) in [5, 5.41) is 0. The Labute approximate surface area is 162 Å². The largest absolute Gasteiger partial charge is 0.302 e. The summed E-state index contributed by atoms with van der Waals surface area (Å²) in [6, 6.07) is 11.8. The summed E-state index contributed by atoms with van der Waals surface area (Å²) in [4.78, 5) is 2.82. The molecule has 1 heteroatoms. The van der Waals surface area contributed by atoms with Gasteiger partial charge in [-0.2, -0.15) is 0 Å². The fourth-order valence-electron chi connectivity index (χ4n) is 6.11. The molecule has 0 N–H and O–H groups in total. The molecule has 146 valence electrons. The van der Waals surface area contributed by atoms with E-state index in [1.807, 2.05) is 0 Å². The first kappa shape index (κ1) is 19.9. The van der Waals surface area contributed by atoms with E-state index in [4.69, 9.17) is 0 Å². The molecular weight excluding hydrogens is 314 g/mol. The Balaban J connectivity index is 2.02. The van der Waals surface area contributed by atoms with Gasteiger partial charge >= 0.3 is 0 Å². The first-order chi connectivity index (χ1) is 12.8. The zero-order valence-corrected chi connectivity index (χ0v) is 17.4. The maximum atomic E-state index is 2.82. The minimum atomic E-state index is 0.382. The van der Waals surface area contributed by atoms with Crippen LogP contribution in [0, 0.1) is 11.8 Å². The summed E-state index contributed by atoms with van der Waals surface area (Å²) in [6.45, 7) is 8.74. The zero-order valence-electron chi connectivity index (χ0n) is 17.4. The maximum Gasteiger partial charge on any atom is 0.0137 e. The molecule has 1 saturated carbocycles. The topological polar surface area (TPSA) is 3.24 Å².